The molecule has 1 aliphatic heterocycles. The molecular formula is C26H20FN5O5S. The molecule has 0 fully saturated rings. The zero-order valence-electron chi connectivity index (χ0n) is 20.5. The van der Waals surface area contributed by atoms with Gasteiger partial charge in [0, 0.05) is 24.0 Å². The molecule has 0 N–H and O–H groups in total. The molecule has 0 saturated heterocycles. The number of carbonyl (C=O) groups excluding carboxylic acids is 1. The lowest BCUT2D eigenvalue weighted by molar-refractivity contribution is 0.0830. The SMILES string of the molecule is COC(=O)N(c1ccncc1)[C@H]1COc2c(cc(F)c3nc(-c4cc(C)cc5nc(OC)cnc45)sc23)O1. The summed E-state index contributed by atoms with van der Waals surface area (Å²) in [5.74, 6) is 0.323. The molecule has 1 atom stereocenters. The number of aromatic nitrogens is 4. The van der Waals surface area contributed by atoms with Gasteiger partial charge < -0.3 is 18.9 Å². The number of fused-ring (bicyclic) bond motifs is 4. The van der Waals surface area contributed by atoms with Gasteiger partial charge in [-0.2, -0.15) is 0 Å². The second-order valence-electron chi connectivity index (χ2n) is 8.40. The van der Waals surface area contributed by atoms with Crippen LogP contribution in [0.1, 0.15) is 5.56 Å². The van der Waals surface area contributed by atoms with Gasteiger partial charge in [0.1, 0.15) is 21.8 Å². The number of benzene rings is 2. The molecule has 3 aromatic heterocycles. The van der Waals surface area contributed by atoms with Gasteiger partial charge in [0.25, 0.3) is 0 Å². The van der Waals surface area contributed by atoms with E-state index in [0.29, 0.717) is 43.6 Å². The maximum absolute atomic E-state index is 15.3. The fourth-order valence-electron chi connectivity index (χ4n) is 4.30. The Morgan fingerprint density at radius 2 is 1.97 bits per heavy atom. The van der Waals surface area contributed by atoms with E-state index in [1.54, 1.807) is 24.5 Å². The highest BCUT2D eigenvalue weighted by Crippen LogP contribution is 2.46. The number of hydrogen-bond acceptors (Lipinski definition) is 10. The first kappa shape index (κ1) is 23.8. The maximum Gasteiger partial charge on any atom is 0.417 e. The van der Waals surface area contributed by atoms with Crippen LogP contribution >= 0.6 is 11.3 Å². The van der Waals surface area contributed by atoms with E-state index >= 15 is 4.39 Å². The van der Waals surface area contributed by atoms with Gasteiger partial charge in [0.2, 0.25) is 12.1 Å². The molecule has 0 radical (unpaired) electrons. The van der Waals surface area contributed by atoms with Crippen molar-refractivity contribution in [2.45, 2.75) is 13.2 Å². The number of pyridine rings is 1. The van der Waals surface area contributed by atoms with Crippen LogP contribution in [0.4, 0.5) is 14.9 Å². The first-order valence-electron chi connectivity index (χ1n) is 11.5. The Morgan fingerprint density at radius 3 is 2.74 bits per heavy atom. The monoisotopic (exact) mass is 533 g/mol. The Balaban J connectivity index is 1.42. The van der Waals surface area contributed by atoms with Gasteiger partial charge in [-0.05, 0) is 36.8 Å². The van der Waals surface area contributed by atoms with E-state index in [4.69, 9.17) is 18.9 Å². The van der Waals surface area contributed by atoms with Crippen LogP contribution in [0.2, 0.25) is 0 Å². The van der Waals surface area contributed by atoms with Crippen molar-refractivity contribution in [1.29, 1.82) is 0 Å². The summed E-state index contributed by atoms with van der Waals surface area (Å²) in [6.45, 7) is 1.92. The minimum Gasteiger partial charge on any atom is -0.482 e. The number of carbonyl (C=O) groups is 1. The van der Waals surface area contributed by atoms with Crippen LogP contribution < -0.4 is 19.1 Å². The number of anilines is 1. The van der Waals surface area contributed by atoms with Crippen molar-refractivity contribution in [3.05, 3.63) is 60.3 Å². The Hall–Kier alpha value is -4.58. The largest absolute Gasteiger partial charge is 0.482 e. The van der Waals surface area contributed by atoms with Gasteiger partial charge >= 0.3 is 6.09 Å². The van der Waals surface area contributed by atoms with Gasteiger partial charge in [-0.1, -0.05) is 0 Å². The average Bonchev–Trinajstić information content (AvgIpc) is 3.39. The molecule has 38 heavy (non-hydrogen) atoms. The lowest BCUT2D eigenvalue weighted by Crippen LogP contribution is -2.49. The second-order valence-corrected chi connectivity index (χ2v) is 9.40. The molecule has 0 spiro atoms. The molecular weight excluding hydrogens is 513 g/mol. The van der Waals surface area contributed by atoms with Crippen LogP contribution in [0.25, 0.3) is 31.8 Å². The van der Waals surface area contributed by atoms with Crippen molar-refractivity contribution in [1.82, 2.24) is 19.9 Å². The molecule has 1 aliphatic rings. The van der Waals surface area contributed by atoms with Gasteiger partial charge in [0.05, 0.1) is 37.1 Å². The van der Waals surface area contributed by atoms with E-state index in [9.17, 15) is 4.79 Å². The number of nitrogens with zero attached hydrogens (tertiary/aromatic N) is 5. The Labute approximate surface area is 219 Å². The number of aryl methyl sites for hydroxylation is 1. The standard InChI is InChI=1S/C26H20FN5O5S/c1-13-8-15(21-17(9-13)30-19(34-2)11-29-21)25-31-22-16(27)10-18-23(24(22)38-25)36-12-20(37-18)32(26(33)35-3)14-4-6-28-7-5-14/h4-11,20H,12H2,1-3H3/t20-/m1/s1. The Kier molecular flexibility index (Phi) is 5.87. The van der Waals surface area contributed by atoms with Crippen LogP contribution in [0.15, 0.2) is 48.9 Å². The number of hydrogen-bond donors (Lipinski definition) is 0. The van der Waals surface area contributed by atoms with Crippen molar-refractivity contribution >= 4 is 44.4 Å². The van der Waals surface area contributed by atoms with Gasteiger partial charge in [0.15, 0.2) is 17.3 Å². The number of halogens is 1. The fourth-order valence-corrected chi connectivity index (χ4v) is 5.39. The van der Waals surface area contributed by atoms with Crippen molar-refractivity contribution in [3.8, 4) is 28.0 Å². The van der Waals surface area contributed by atoms with E-state index in [1.165, 1.54) is 42.7 Å². The maximum atomic E-state index is 15.3. The van der Waals surface area contributed by atoms with E-state index in [1.807, 2.05) is 19.1 Å². The van der Waals surface area contributed by atoms with Crippen LogP contribution in [0, 0.1) is 12.7 Å². The average molecular weight is 534 g/mol. The predicted octanol–water partition coefficient (Wildman–Crippen LogP) is 5.13. The lowest BCUT2D eigenvalue weighted by Gasteiger charge is -2.34. The predicted molar refractivity (Wildman–Crippen MR) is 138 cm³/mol. The number of methoxy groups -OCH3 is 2. The molecule has 1 amide bonds. The Morgan fingerprint density at radius 1 is 1.16 bits per heavy atom. The molecule has 4 heterocycles. The van der Waals surface area contributed by atoms with E-state index < -0.39 is 18.1 Å². The number of rotatable bonds is 4. The van der Waals surface area contributed by atoms with Crippen molar-refractivity contribution in [3.63, 3.8) is 0 Å². The Bertz CT molecular complexity index is 1700. The van der Waals surface area contributed by atoms with Crippen LogP contribution in [0.5, 0.6) is 17.4 Å². The summed E-state index contributed by atoms with van der Waals surface area (Å²) in [5.41, 5.74) is 3.57. The zero-order chi connectivity index (χ0) is 26.4. The third-order valence-corrected chi connectivity index (χ3v) is 7.07. The minimum absolute atomic E-state index is 0.0168. The molecule has 0 bridgehead atoms. The summed E-state index contributed by atoms with van der Waals surface area (Å²) >= 11 is 1.26. The highest BCUT2D eigenvalue weighted by molar-refractivity contribution is 7.22. The van der Waals surface area contributed by atoms with Gasteiger partial charge in [-0.25, -0.2) is 29.0 Å². The zero-order valence-corrected chi connectivity index (χ0v) is 21.3. The molecule has 5 aromatic rings. The summed E-state index contributed by atoms with van der Waals surface area (Å²) in [6, 6.07) is 8.33. The molecule has 0 saturated carbocycles. The fraction of sp³-hybridized carbons (Fsp3) is 0.192. The molecule has 6 rings (SSSR count). The van der Waals surface area contributed by atoms with Crippen molar-refractivity contribution in [2.75, 3.05) is 25.7 Å². The minimum atomic E-state index is -0.896. The van der Waals surface area contributed by atoms with E-state index in [0.717, 1.165) is 5.56 Å². The summed E-state index contributed by atoms with van der Waals surface area (Å²) in [6.07, 6.45) is 3.07. The summed E-state index contributed by atoms with van der Waals surface area (Å²) in [7, 11) is 2.80. The van der Waals surface area contributed by atoms with Crippen molar-refractivity contribution in [2.24, 2.45) is 0 Å². The number of amides is 1. The number of ether oxygens (including phenoxy) is 4. The molecule has 0 aliphatic carbocycles. The summed E-state index contributed by atoms with van der Waals surface area (Å²) < 4.78 is 38.1. The molecule has 10 nitrogen and oxygen atoms in total. The third-order valence-electron chi connectivity index (χ3n) is 5.98. The number of thiazole rings is 1. The molecule has 12 heteroatoms. The lowest BCUT2D eigenvalue weighted by atomic mass is 10.1. The van der Waals surface area contributed by atoms with Crippen LogP contribution in [-0.4, -0.2) is 53.1 Å². The topological polar surface area (TPSA) is 109 Å². The molecule has 0 unspecified atom stereocenters. The summed E-state index contributed by atoms with van der Waals surface area (Å²) in [5, 5.41) is 0.555. The van der Waals surface area contributed by atoms with Crippen LogP contribution in [-0.2, 0) is 4.74 Å². The molecule has 192 valence electrons. The van der Waals surface area contributed by atoms with E-state index in [2.05, 4.69) is 19.9 Å². The normalized spacial score (nSPS) is 14.5. The van der Waals surface area contributed by atoms with E-state index in [-0.39, 0.29) is 17.9 Å². The first-order chi connectivity index (χ1) is 18.5. The second kappa shape index (κ2) is 9.38. The highest BCUT2D eigenvalue weighted by atomic mass is 32.1. The van der Waals surface area contributed by atoms with Crippen LogP contribution in [0.3, 0.4) is 0 Å². The third kappa shape index (κ3) is 3.98. The summed E-state index contributed by atoms with van der Waals surface area (Å²) in [4.78, 5) is 31.4. The highest BCUT2D eigenvalue weighted by Gasteiger charge is 2.34. The molecule has 2 aromatic carbocycles. The van der Waals surface area contributed by atoms with Crippen molar-refractivity contribution < 1.29 is 28.1 Å². The van der Waals surface area contributed by atoms with Gasteiger partial charge in [-0.3, -0.25) is 4.98 Å². The first-order valence-corrected chi connectivity index (χ1v) is 12.3. The quantitative estimate of drug-likeness (QED) is 0.311. The van der Waals surface area contributed by atoms with Gasteiger partial charge in [-0.15, -0.1) is 11.3 Å². The smallest absolute Gasteiger partial charge is 0.417 e.